The molecule has 0 bridgehead atoms. The Labute approximate surface area is 160 Å². The summed E-state index contributed by atoms with van der Waals surface area (Å²) in [5.41, 5.74) is 2.22. The van der Waals surface area contributed by atoms with Crippen molar-refractivity contribution in [2.24, 2.45) is 0 Å². The average Bonchev–Trinajstić information content (AvgIpc) is 3.24. The average molecular weight is 374 g/mol. The summed E-state index contributed by atoms with van der Waals surface area (Å²) >= 11 is 0. The number of aryl methyl sites for hydroxylation is 1. The largest absolute Gasteiger partial charge is 0.350 e. The molecule has 28 heavy (non-hydrogen) atoms. The number of fused-ring (bicyclic) bond motifs is 1. The Hall–Kier alpha value is -3.81. The molecular weight excluding hydrogens is 356 g/mol. The van der Waals surface area contributed by atoms with Gasteiger partial charge in [-0.25, -0.2) is 15.0 Å². The minimum absolute atomic E-state index is 0.0870. The van der Waals surface area contributed by atoms with E-state index in [4.69, 9.17) is 0 Å². The van der Waals surface area contributed by atoms with Crippen LogP contribution in [0.25, 0.3) is 16.7 Å². The first-order valence-electron chi connectivity index (χ1n) is 8.76. The molecule has 3 heterocycles. The van der Waals surface area contributed by atoms with Crippen LogP contribution in [0.3, 0.4) is 0 Å². The topological polar surface area (TPSA) is 94.7 Å². The zero-order valence-electron chi connectivity index (χ0n) is 15.2. The van der Waals surface area contributed by atoms with Crippen LogP contribution < -0.4 is 10.9 Å². The van der Waals surface area contributed by atoms with Gasteiger partial charge in [-0.3, -0.25) is 18.7 Å². The number of pyridine rings is 1. The van der Waals surface area contributed by atoms with Gasteiger partial charge in [0, 0.05) is 25.1 Å². The number of aromatic nitrogens is 5. The van der Waals surface area contributed by atoms with E-state index < -0.39 is 0 Å². The highest BCUT2D eigenvalue weighted by Crippen LogP contribution is 2.11. The summed E-state index contributed by atoms with van der Waals surface area (Å²) in [6.45, 7) is 2.14. The second-order valence-electron chi connectivity index (χ2n) is 6.42. The smallest absolute Gasteiger partial charge is 0.261 e. The third-order valence-corrected chi connectivity index (χ3v) is 4.44. The second-order valence-corrected chi connectivity index (χ2v) is 6.42. The number of para-hydroxylation sites is 1. The van der Waals surface area contributed by atoms with Gasteiger partial charge in [-0.1, -0.05) is 18.2 Å². The van der Waals surface area contributed by atoms with Crippen molar-refractivity contribution in [2.75, 3.05) is 0 Å². The minimum atomic E-state index is -0.269. The van der Waals surface area contributed by atoms with Gasteiger partial charge in [0.1, 0.15) is 18.7 Å². The number of nitrogens with zero attached hydrogens (tertiary/aromatic N) is 5. The molecule has 0 saturated heterocycles. The maximum absolute atomic E-state index is 12.6. The maximum atomic E-state index is 12.6. The van der Waals surface area contributed by atoms with E-state index in [1.54, 1.807) is 35.6 Å². The van der Waals surface area contributed by atoms with E-state index in [-0.39, 0.29) is 18.0 Å². The van der Waals surface area contributed by atoms with Crippen LogP contribution >= 0.6 is 0 Å². The lowest BCUT2D eigenvalue weighted by atomic mass is 10.1. The van der Waals surface area contributed by atoms with E-state index in [2.05, 4.69) is 20.3 Å². The summed E-state index contributed by atoms with van der Waals surface area (Å²) < 4.78 is 3.11. The summed E-state index contributed by atoms with van der Waals surface area (Å²) in [6, 6.07) is 9.17. The molecule has 0 spiro atoms. The Morgan fingerprint density at radius 2 is 2.04 bits per heavy atom. The molecule has 140 valence electrons. The van der Waals surface area contributed by atoms with Gasteiger partial charge in [-0.05, 0) is 30.2 Å². The Morgan fingerprint density at radius 1 is 1.14 bits per heavy atom. The zero-order chi connectivity index (χ0) is 19.5. The standard InChI is InChI=1S/C20H18N6O2/c1-14-3-2-4-16-19(14)24-13-26(20(16)28)11-18(27)23-10-15-5-6-17(22-9-15)25-8-7-21-12-25/h2-9,12-13H,10-11H2,1H3,(H,23,27). The van der Waals surface area contributed by atoms with Gasteiger partial charge in [0.15, 0.2) is 0 Å². The van der Waals surface area contributed by atoms with Crippen molar-refractivity contribution < 1.29 is 4.79 Å². The van der Waals surface area contributed by atoms with E-state index in [1.165, 1.54) is 10.9 Å². The van der Waals surface area contributed by atoms with E-state index in [9.17, 15) is 9.59 Å². The minimum Gasteiger partial charge on any atom is -0.350 e. The molecule has 0 aliphatic carbocycles. The molecule has 0 aliphatic rings. The molecule has 1 aromatic carbocycles. The van der Waals surface area contributed by atoms with Crippen LogP contribution in [0.5, 0.6) is 0 Å². The van der Waals surface area contributed by atoms with Crippen molar-refractivity contribution in [2.45, 2.75) is 20.0 Å². The molecule has 0 aliphatic heterocycles. The fourth-order valence-electron chi connectivity index (χ4n) is 2.93. The van der Waals surface area contributed by atoms with Crippen LogP contribution in [-0.2, 0) is 17.9 Å². The number of nitrogens with one attached hydrogen (secondary N) is 1. The zero-order valence-corrected chi connectivity index (χ0v) is 15.2. The SMILES string of the molecule is Cc1cccc2c(=O)n(CC(=O)NCc3ccc(-n4ccnc4)nc3)cnc12. The molecule has 4 aromatic rings. The number of benzene rings is 1. The molecule has 0 atom stereocenters. The first-order chi connectivity index (χ1) is 13.6. The lowest BCUT2D eigenvalue weighted by Gasteiger charge is -2.09. The monoisotopic (exact) mass is 374 g/mol. The van der Waals surface area contributed by atoms with Gasteiger partial charge >= 0.3 is 0 Å². The van der Waals surface area contributed by atoms with Gasteiger partial charge in [-0.15, -0.1) is 0 Å². The predicted molar refractivity (Wildman–Crippen MR) is 104 cm³/mol. The molecule has 1 N–H and O–H groups in total. The van der Waals surface area contributed by atoms with Gasteiger partial charge in [0.2, 0.25) is 5.91 Å². The normalized spacial score (nSPS) is 10.9. The van der Waals surface area contributed by atoms with Gasteiger partial charge < -0.3 is 5.32 Å². The molecule has 3 aromatic heterocycles. The van der Waals surface area contributed by atoms with E-state index in [0.717, 1.165) is 16.9 Å². The summed E-state index contributed by atoms with van der Waals surface area (Å²) in [7, 11) is 0. The molecular formula is C20H18N6O2. The van der Waals surface area contributed by atoms with Crippen LogP contribution in [0, 0.1) is 6.92 Å². The van der Waals surface area contributed by atoms with Crippen molar-refractivity contribution in [1.29, 1.82) is 0 Å². The highest BCUT2D eigenvalue weighted by molar-refractivity contribution is 5.81. The van der Waals surface area contributed by atoms with Crippen molar-refractivity contribution in [3.8, 4) is 5.82 Å². The van der Waals surface area contributed by atoms with E-state index in [0.29, 0.717) is 17.4 Å². The van der Waals surface area contributed by atoms with Crippen LogP contribution in [0.1, 0.15) is 11.1 Å². The number of imidazole rings is 1. The Balaban J connectivity index is 1.42. The second kappa shape index (κ2) is 7.43. The number of hydrogen-bond donors (Lipinski definition) is 1. The molecule has 0 radical (unpaired) electrons. The predicted octanol–water partition coefficient (Wildman–Crippen LogP) is 1.60. The molecule has 1 amide bonds. The van der Waals surface area contributed by atoms with Gasteiger partial charge in [0.05, 0.1) is 17.2 Å². The number of hydrogen-bond acceptors (Lipinski definition) is 5. The number of amides is 1. The lowest BCUT2D eigenvalue weighted by molar-refractivity contribution is -0.121. The van der Waals surface area contributed by atoms with Crippen LogP contribution in [-0.4, -0.2) is 30.0 Å². The fourth-order valence-corrected chi connectivity index (χ4v) is 2.93. The Kier molecular flexibility index (Phi) is 4.67. The van der Waals surface area contributed by atoms with E-state index in [1.807, 2.05) is 31.2 Å². The quantitative estimate of drug-likeness (QED) is 0.573. The summed E-state index contributed by atoms with van der Waals surface area (Å²) in [5.74, 6) is 0.478. The number of carbonyl (C=O) groups excluding carboxylic acids is 1. The summed E-state index contributed by atoms with van der Waals surface area (Å²) in [5, 5.41) is 3.31. The molecule has 4 rings (SSSR count). The van der Waals surface area contributed by atoms with Crippen molar-refractivity contribution in [1.82, 2.24) is 29.4 Å². The Bertz CT molecular complexity index is 1180. The van der Waals surface area contributed by atoms with Crippen molar-refractivity contribution >= 4 is 16.8 Å². The Morgan fingerprint density at radius 3 is 2.79 bits per heavy atom. The highest BCUT2D eigenvalue weighted by atomic mass is 16.2. The fraction of sp³-hybridized carbons (Fsp3) is 0.150. The molecule has 0 fully saturated rings. The molecule has 0 saturated carbocycles. The van der Waals surface area contributed by atoms with Crippen LogP contribution in [0.4, 0.5) is 0 Å². The third kappa shape index (κ3) is 3.52. The van der Waals surface area contributed by atoms with Gasteiger partial charge in [0.25, 0.3) is 5.56 Å². The molecule has 0 unspecified atom stereocenters. The van der Waals surface area contributed by atoms with Gasteiger partial charge in [-0.2, -0.15) is 0 Å². The maximum Gasteiger partial charge on any atom is 0.261 e. The first kappa shape index (κ1) is 17.6. The molecule has 8 heteroatoms. The number of rotatable bonds is 5. The summed E-state index contributed by atoms with van der Waals surface area (Å²) in [4.78, 5) is 37.5. The van der Waals surface area contributed by atoms with Crippen molar-refractivity contribution in [3.05, 3.63) is 83.1 Å². The number of carbonyl (C=O) groups is 1. The highest BCUT2D eigenvalue weighted by Gasteiger charge is 2.09. The lowest BCUT2D eigenvalue weighted by Crippen LogP contribution is -2.32. The molecule has 8 nitrogen and oxygen atoms in total. The summed E-state index contributed by atoms with van der Waals surface area (Å²) in [6.07, 6.45) is 8.27. The first-order valence-corrected chi connectivity index (χ1v) is 8.76. The van der Waals surface area contributed by atoms with Crippen LogP contribution in [0.2, 0.25) is 0 Å². The third-order valence-electron chi connectivity index (χ3n) is 4.44. The van der Waals surface area contributed by atoms with Crippen LogP contribution in [0.15, 0.2) is 66.4 Å². The van der Waals surface area contributed by atoms with E-state index >= 15 is 0 Å². The van der Waals surface area contributed by atoms with Crippen molar-refractivity contribution in [3.63, 3.8) is 0 Å².